The number of carbonyl (C=O) groups is 2. The number of carboxylic acid groups (broad SMARTS) is 2. The molecule has 164 valence electrons. The van der Waals surface area contributed by atoms with Gasteiger partial charge in [-0.25, -0.2) is 14.6 Å². The maximum absolute atomic E-state index is 11.6. The van der Waals surface area contributed by atoms with E-state index >= 15 is 0 Å². The minimum Gasteiger partial charge on any atom is -0.478 e. The van der Waals surface area contributed by atoms with Crippen LogP contribution in [0.3, 0.4) is 0 Å². The zero-order valence-electron chi connectivity index (χ0n) is 17.0. The van der Waals surface area contributed by atoms with Gasteiger partial charge in [0, 0.05) is 22.5 Å². The zero-order valence-corrected chi connectivity index (χ0v) is 19.3. The number of H-pyrrole nitrogens is 1. The lowest BCUT2D eigenvalue weighted by Gasteiger charge is -2.15. The summed E-state index contributed by atoms with van der Waals surface area (Å²) in [4.78, 5) is 30.3. The summed E-state index contributed by atoms with van der Waals surface area (Å²) < 4.78 is 2.38. The van der Waals surface area contributed by atoms with E-state index in [2.05, 4.69) is 32.0 Å². The molecule has 0 aliphatic heterocycles. The summed E-state index contributed by atoms with van der Waals surface area (Å²) in [5, 5.41) is 19.8. The first kappa shape index (κ1) is 22.1. The molecule has 0 aliphatic rings. The number of rotatable bonds is 7. The number of hydrogen-bond donors (Lipinski definition) is 3. The monoisotopic (exact) mass is 515 g/mol. The topological polar surface area (TPSA) is 108 Å². The standard InChI is InChI=1S/C23H19BrClN3O4/c1-12(28-11-26-21(25)20(28)23(31)32)6-7-13-8-9-17-16(10-13)18(24)19(27-17)14-4-2-3-5-15(14)22(29)30/h2-5,8-12,27H,6-7H2,1H3,(H,29,30)(H,31,32). The van der Waals surface area contributed by atoms with Crippen LogP contribution in [0.2, 0.25) is 5.15 Å². The number of aromatic carboxylic acids is 2. The summed E-state index contributed by atoms with van der Waals surface area (Å²) in [6.45, 7) is 1.93. The first-order chi connectivity index (χ1) is 15.3. The zero-order chi connectivity index (χ0) is 23.0. The lowest BCUT2D eigenvalue weighted by atomic mass is 10.0. The summed E-state index contributed by atoms with van der Waals surface area (Å²) in [6.07, 6.45) is 2.86. The fourth-order valence-electron chi connectivity index (χ4n) is 3.82. The highest BCUT2D eigenvalue weighted by Gasteiger charge is 2.20. The second kappa shape index (κ2) is 8.80. The first-order valence-corrected chi connectivity index (χ1v) is 11.0. The van der Waals surface area contributed by atoms with E-state index in [4.69, 9.17) is 11.6 Å². The Morgan fingerprint density at radius 3 is 2.66 bits per heavy atom. The van der Waals surface area contributed by atoms with Gasteiger partial charge in [0.2, 0.25) is 0 Å². The van der Waals surface area contributed by atoms with E-state index in [0.29, 0.717) is 24.1 Å². The summed E-state index contributed by atoms with van der Waals surface area (Å²) in [6, 6.07) is 12.8. The van der Waals surface area contributed by atoms with Gasteiger partial charge in [-0.1, -0.05) is 35.9 Å². The van der Waals surface area contributed by atoms with Crippen LogP contribution in [-0.4, -0.2) is 36.7 Å². The van der Waals surface area contributed by atoms with E-state index < -0.39 is 11.9 Å². The van der Waals surface area contributed by atoms with Crippen LogP contribution >= 0.6 is 27.5 Å². The Morgan fingerprint density at radius 2 is 1.94 bits per heavy atom. The second-order valence-electron chi connectivity index (χ2n) is 7.53. The molecule has 0 fully saturated rings. The van der Waals surface area contributed by atoms with Crippen molar-refractivity contribution in [3.63, 3.8) is 0 Å². The first-order valence-electron chi connectivity index (χ1n) is 9.86. The van der Waals surface area contributed by atoms with Gasteiger partial charge in [0.1, 0.15) is 0 Å². The molecule has 2 heterocycles. The lowest BCUT2D eigenvalue weighted by molar-refractivity contribution is 0.0677. The molecule has 0 saturated carbocycles. The van der Waals surface area contributed by atoms with E-state index in [1.807, 2.05) is 19.1 Å². The van der Waals surface area contributed by atoms with E-state index in [0.717, 1.165) is 20.9 Å². The number of imidazole rings is 1. The quantitative estimate of drug-likeness (QED) is 0.278. The van der Waals surface area contributed by atoms with E-state index in [-0.39, 0.29) is 22.5 Å². The third-order valence-electron chi connectivity index (χ3n) is 5.50. The highest BCUT2D eigenvalue weighted by molar-refractivity contribution is 9.10. The van der Waals surface area contributed by atoms with Gasteiger partial charge >= 0.3 is 11.9 Å². The van der Waals surface area contributed by atoms with Crippen LogP contribution in [0.1, 0.15) is 45.8 Å². The second-order valence-corrected chi connectivity index (χ2v) is 8.68. The van der Waals surface area contributed by atoms with Crippen molar-refractivity contribution in [2.45, 2.75) is 25.8 Å². The Labute approximate surface area is 196 Å². The number of nitrogens with zero attached hydrogens (tertiary/aromatic N) is 2. The number of benzene rings is 2. The molecule has 0 spiro atoms. The smallest absolute Gasteiger partial charge is 0.355 e. The van der Waals surface area contributed by atoms with Crippen LogP contribution < -0.4 is 0 Å². The molecule has 0 amide bonds. The molecule has 1 unspecified atom stereocenters. The van der Waals surface area contributed by atoms with Crippen LogP contribution in [0.15, 0.2) is 53.3 Å². The fraction of sp³-hybridized carbons (Fsp3) is 0.174. The number of hydrogen-bond acceptors (Lipinski definition) is 3. The third-order valence-corrected chi connectivity index (χ3v) is 6.60. The average Bonchev–Trinajstić information content (AvgIpc) is 3.32. The molecule has 0 aliphatic carbocycles. The number of aryl methyl sites for hydroxylation is 1. The number of fused-ring (bicyclic) bond motifs is 1. The SMILES string of the molecule is CC(CCc1ccc2[nH]c(-c3ccccc3C(=O)O)c(Br)c2c1)n1cnc(Cl)c1C(=O)O. The van der Waals surface area contributed by atoms with Crippen LogP contribution in [-0.2, 0) is 6.42 Å². The number of aromatic nitrogens is 3. The van der Waals surface area contributed by atoms with Crippen molar-refractivity contribution >= 4 is 50.4 Å². The Kier molecular flexibility index (Phi) is 6.08. The minimum atomic E-state index is -1.11. The molecular formula is C23H19BrClN3O4. The number of nitrogens with one attached hydrogen (secondary N) is 1. The fourth-order valence-corrected chi connectivity index (χ4v) is 4.68. The molecule has 7 nitrogen and oxygen atoms in total. The summed E-state index contributed by atoms with van der Waals surface area (Å²) in [5.74, 6) is -2.09. The van der Waals surface area contributed by atoms with Crippen molar-refractivity contribution in [2.75, 3.05) is 0 Å². The van der Waals surface area contributed by atoms with Gasteiger partial charge in [-0.2, -0.15) is 0 Å². The maximum atomic E-state index is 11.6. The highest BCUT2D eigenvalue weighted by Crippen LogP contribution is 2.37. The molecule has 0 radical (unpaired) electrons. The predicted molar refractivity (Wildman–Crippen MR) is 126 cm³/mol. The molecule has 9 heteroatoms. The molecule has 4 rings (SSSR count). The van der Waals surface area contributed by atoms with Crippen molar-refractivity contribution in [3.8, 4) is 11.3 Å². The van der Waals surface area contributed by atoms with Gasteiger partial charge in [0.05, 0.1) is 22.1 Å². The lowest BCUT2D eigenvalue weighted by Crippen LogP contribution is -2.13. The van der Waals surface area contributed by atoms with Gasteiger partial charge in [-0.15, -0.1) is 0 Å². The highest BCUT2D eigenvalue weighted by atomic mass is 79.9. The van der Waals surface area contributed by atoms with Crippen LogP contribution in [0.5, 0.6) is 0 Å². The summed E-state index contributed by atoms with van der Waals surface area (Å²) >= 11 is 9.54. The molecule has 3 N–H and O–H groups in total. The minimum absolute atomic E-state index is 0.00950. The molecule has 1 atom stereocenters. The van der Waals surface area contributed by atoms with Gasteiger partial charge in [-0.3, -0.25) is 0 Å². The van der Waals surface area contributed by atoms with Crippen molar-refractivity contribution in [3.05, 3.63) is 75.2 Å². The Bertz CT molecular complexity index is 1340. The number of halogens is 2. The van der Waals surface area contributed by atoms with E-state index in [1.54, 1.807) is 28.8 Å². The van der Waals surface area contributed by atoms with Crippen molar-refractivity contribution in [1.82, 2.24) is 14.5 Å². The van der Waals surface area contributed by atoms with Gasteiger partial charge < -0.3 is 19.8 Å². The van der Waals surface area contributed by atoms with Gasteiger partial charge in [0.15, 0.2) is 10.8 Å². The molecule has 0 bridgehead atoms. The van der Waals surface area contributed by atoms with E-state index in [9.17, 15) is 19.8 Å². The summed E-state index contributed by atoms with van der Waals surface area (Å²) in [5.41, 5.74) is 3.49. The molecule has 2 aromatic heterocycles. The van der Waals surface area contributed by atoms with Crippen LogP contribution in [0, 0.1) is 0 Å². The van der Waals surface area contributed by atoms with Crippen LogP contribution in [0.25, 0.3) is 22.2 Å². The largest absolute Gasteiger partial charge is 0.478 e. The van der Waals surface area contributed by atoms with Crippen LogP contribution in [0.4, 0.5) is 0 Å². The Balaban J connectivity index is 1.61. The van der Waals surface area contributed by atoms with Gasteiger partial charge in [0.25, 0.3) is 0 Å². The van der Waals surface area contributed by atoms with Crippen molar-refractivity contribution in [2.24, 2.45) is 0 Å². The van der Waals surface area contributed by atoms with Crippen molar-refractivity contribution in [1.29, 1.82) is 0 Å². The molecule has 2 aromatic carbocycles. The normalized spacial score (nSPS) is 12.2. The maximum Gasteiger partial charge on any atom is 0.355 e. The average molecular weight is 517 g/mol. The number of carboxylic acids is 2. The molecule has 32 heavy (non-hydrogen) atoms. The van der Waals surface area contributed by atoms with E-state index in [1.165, 1.54) is 6.33 Å². The Morgan fingerprint density at radius 1 is 1.19 bits per heavy atom. The van der Waals surface area contributed by atoms with Gasteiger partial charge in [-0.05, 0) is 59.5 Å². The van der Waals surface area contributed by atoms with Crippen molar-refractivity contribution < 1.29 is 19.8 Å². The molecular weight excluding hydrogens is 498 g/mol. The summed E-state index contributed by atoms with van der Waals surface area (Å²) in [7, 11) is 0. The third kappa shape index (κ3) is 4.03. The predicted octanol–water partition coefficient (Wildman–Crippen LogP) is 6.04. The Hall–Kier alpha value is -3.10. The molecule has 4 aromatic rings. The number of aromatic amines is 1. The molecule has 0 saturated heterocycles.